The van der Waals surface area contributed by atoms with Crippen molar-refractivity contribution in [3.63, 3.8) is 0 Å². The SMILES string of the molecule is CCCNCc1cc(F)ccc1OCCCF. The Labute approximate surface area is 101 Å². The minimum absolute atomic E-state index is 0.281. The molecule has 1 rings (SSSR count). The molecular weight excluding hydrogens is 224 g/mol. The maximum Gasteiger partial charge on any atom is 0.123 e. The van der Waals surface area contributed by atoms with E-state index in [0.29, 0.717) is 25.3 Å². The molecular formula is C13H19F2NO. The zero-order chi connectivity index (χ0) is 12.5. The number of halogens is 2. The summed E-state index contributed by atoms with van der Waals surface area (Å²) in [5, 5.41) is 3.19. The maximum absolute atomic E-state index is 13.1. The predicted octanol–water partition coefficient (Wildman–Crippen LogP) is 3.06. The molecule has 0 spiro atoms. The highest BCUT2D eigenvalue weighted by Gasteiger charge is 2.05. The molecule has 0 saturated heterocycles. The first-order valence-electron chi connectivity index (χ1n) is 5.95. The van der Waals surface area contributed by atoms with Gasteiger partial charge in [-0.05, 0) is 31.2 Å². The predicted molar refractivity (Wildman–Crippen MR) is 64.5 cm³/mol. The van der Waals surface area contributed by atoms with E-state index >= 15 is 0 Å². The van der Waals surface area contributed by atoms with Crippen molar-refractivity contribution in [1.29, 1.82) is 0 Å². The third-order valence-corrected chi connectivity index (χ3v) is 2.30. The quantitative estimate of drug-likeness (QED) is 0.708. The number of rotatable bonds is 8. The summed E-state index contributed by atoms with van der Waals surface area (Å²) in [6.07, 6.45) is 1.38. The van der Waals surface area contributed by atoms with Crippen LogP contribution in [0, 0.1) is 5.82 Å². The average Bonchev–Trinajstić information content (AvgIpc) is 2.32. The number of ether oxygens (including phenoxy) is 1. The molecule has 0 aromatic heterocycles. The molecule has 0 radical (unpaired) electrons. The van der Waals surface area contributed by atoms with Gasteiger partial charge in [-0.25, -0.2) is 4.39 Å². The van der Waals surface area contributed by atoms with Gasteiger partial charge in [0.1, 0.15) is 11.6 Å². The summed E-state index contributed by atoms with van der Waals surface area (Å²) < 4.78 is 30.5. The lowest BCUT2D eigenvalue weighted by Crippen LogP contribution is -2.15. The van der Waals surface area contributed by atoms with Crippen molar-refractivity contribution in [3.05, 3.63) is 29.6 Å². The highest BCUT2D eigenvalue weighted by molar-refractivity contribution is 5.33. The van der Waals surface area contributed by atoms with Crippen molar-refractivity contribution in [2.45, 2.75) is 26.3 Å². The minimum atomic E-state index is -0.398. The summed E-state index contributed by atoms with van der Waals surface area (Å²) in [5.41, 5.74) is 0.775. The fourth-order valence-electron chi connectivity index (χ4n) is 1.46. The molecule has 0 fully saturated rings. The van der Waals surface area contributed by atoms with E-state index in [9.17, 15) is 8.78 Å². The summed E-state index contributed by atoms with van der Waals surface area (Å²) >= 11 is 0. The van der Waals surface area contributed by atoms with Gasteiger partial charge in [0.2, 0.25) is 0 Å². The molecule has 0 unspecified atom stereocenters. The van der Waals surface area contributed by atoms with Crippen molar-refractivity contribution in [2.75, 3.05) is 19.8 Å². The van der Waals surface area contributed by atoms with Crippen LogP contribution in [0.25, 0.3) is 0 Å². The third-order valence-electron chi connectivity index (χ3n) is 2.30. The lowest BCUT2D eigenvalue weighted by Gasteiger charge is -2.11. The lowest BCUT2D eigenvalue weighted by atomic mass is 10.2. The zero-order valence-electron chi connectivity index (χ0n) is 10.1. The Morgan fingerprint density at radius 2 is 2.18 bits per heavy atom. The van der Waals surface area contributed by atoms with Gasteiger partial charge in [0, 0.05) is 18.5 Å². The Hall–Kier alpha value is -1.16. The second-order valence-corrected chi connectivity index (χ2v) is 3.82. The fraction of sp³-hybridized carbons (Fsp3) is 0.538. The number of hydrogen-bond donors (Lipinski definition) is 1. The van der Waals surface area contributed by atoms with Gasteiger partial charge in [-0.1, -0.05) is 6.92 Å². The lowest BCUT2D eigenvalue weighted by molar-refractivity contribution is 0.286. The van der Waals surface area contributed by atoms with Crippen LogP contribution in [0.5, 0.6) is 5.75 Å². The van der Waals surface area contributed by atoms with Crippen molar-refractivity contribution in [2.24, 2.45) is 0 Å². The normalized spacial score (nSPS) is 10.5. The van der Waals surface area contributed by atoms with Gasteiger partial charge in [0.15, 0.2) is 0 Å². The highest BCUT2D eigenvalue weighted by Crippen LogP contribution is 2.19. The molecule has 1 aromatic carbocycles. The third kappa shape index (κ3) is 5.13. The Morgan fingerprint density at radius 1 is 1.35 bits per heavy atom. The summed E-state index contributed by atoms with van der Waals surface area (Å²) in [6, 6.07) is 4.40. The Bertz CT molecular complexity index is 331. The number of nitrogens with one attached hydrogen (secondary N) is 1. The van der Waals surface area contributed by atoms with Crippen molar-refractivity contribution in [3.8, 4) is 5.75 Å². The van der Waals surface area contributed by atoms with Crippen LogP contribution in [0.4, 0.5) is 8.78 Å². The van der Waals surface area contributed by atoms with Crippen LogP contribution in [0.2, 0.25) is 0 Å². The Kier molecular flexibility index (Phi) is 6.55. The Balaban J connectivity index is 2.59. The van der Waals surface area contributed by atoms with Gasteiger partial charge < -0.3 is 10.1 Å². The monoisotopic (exact) mass is 243 g/mol. The standard InChI is InChI=1S/C13H19F2NO/c1-2-7-16-10-11-9-12(15)4-5-13(11)17-8-3-6-14/h4-5,9,16H,2-3,6-8,10H2,1H3. The second-order valence-electron chi connectivity index (χ2n) is 3.82. The molecule has 0 bridgehead atoms. The van der Waals surface area contributed by atoms with E-state index in [2.05, 4.69) is 12.2 Å². The summed E-state index contributed by atoms with van der Waals surface area (Å²) in [4.78, 5) is 0. The molecule has 0 amide bonds. The van der Waals surface area contributed by atoms with Gasteiger partial charge in [-0.2, -0.15) is 0 Å². The first kappa shape index (κ1) is 13.9. The van der Waals surface area contributed by atoms with Crippen LogP contribution in [-0.2, 0) is 6.54 Å². The molecule has 4 heteroatoms. The first-order valence-corrected chi connectivity index (χ1v) is 5.95. The molecule has 0 aliphatic rings. The molecule has 0 heterocycles. The molecule has 17 heavy (non-hydrogen) atoms. The van der Waals surface area contributed by atoms with Gasteiger partial charge in [-0.3, -0.25) is 4.39 Å². The minimum Gasteiger partial charge on any atom is -0.493 e. The largest absolute Gasteiger partial charge is 0.493 e. The van der Waals surface area contributed by atoms with E-state index in [1.165, 1.54) is 12.1 Å². The van der Waals surface area contributed by atoms with Crippen LogP contribution in [-0.4, -0.2) is 19.8 Å². The van der Waals surface area contributed by atoms with Gasteiger partial charge in [0.05, 0.1) is 13.3 Å². The summed E-state index contributed by atoms with van der Waals surface area (Å²) in [5.74, 6) is 0.347. The van der Waals surface area contributed by atoms with Crippen LogP contribution in [0.1, 0.15) is 25.3 Å². The maximum atomic E-state index is 13.1. The van der Waals surface area contributed by atoms with Crippen LogP contribution < -0.4 is 10.1 Å². The van der Waals surface area contributed by atoms with E-state index in [1.807, 2.05) is 0 Å². The van der Waals surface area contributed by atoms with Crippen LogP contribution in [0.15, 0.2) is 18.2 Å². The van der Waals surface area contributed by atoms with E-state index in [-0.39, 0.29) is 5.82 Å². The number of benzene rings is 1. The van der Waals surface area contributed by atoms with Gasteiger partial charge in [0.25, 0.3) is 0 Å². The molecule has 0 atom stereocenters. The van der Waals surface area contributed by atoms with Crippen molar-refractivity contribution >= 4 is 0 Å². The van der Waals surface area contributed by atoms with E-state index < -0.39 is 6.67 Å². The smallest absolute Gasteiger partial charge is 0.123 e. The molecule has 2 nitrogen and oxygen atoms in total. The van der Waals surface area contributed by atoms with Gasteiger partial charge >= 0.3 is 0 Å². The van der Waals surface area contributed by atoms with E-state index in [1.54, 1.807) is 6.07 Å². The van der Waals surface area contributed by atoms with Crippen molar-refractivity contribution < 1.29 is 13.5 Å². The summed E-state index contributed by atoms with van der Waals surface area (Å²) in [7, 11) is 0. The summed E-state index contributed by atoms with van der Waals surface area (Å²) in [6.45, 7) is 3.43. The van der Waals surface area contributed by atoms with E-state index in [0.717, 1.165) is 18.5 Å². The Morgan fingerprint density at radius 3 is 2.88 bits per heavy atom. The zero-order valence-corrected chi connectivity index (χ0v) is 10.1. The topological polar surface area (TPSA) is 21.3 Å². The molecule has 0 aliphatic heterocycles. The first-order chi connectivity index (χ1) is 8.27. The molecule has 0 aliphatic carbocycles. The van der Waals surface area contributed by atoms with Crippen LogP contribution in [0.3, 0.4) is 0 Å². The highest BCUT2D eigenvalue weighted by atomic mass is 19.1. The molecule has 0 saturated carbocycles. The van der Waals surface area contributed by atoms with Crippen molar-refractivity contribution in [1.82, 2.24) is 5.32 Å². The van der Waals surface area contributed by atoms with Gasteiger partial charge in [-0.15, -0.1) is 0 Å². The average molecular weight is 243 g/mol. The molecule has 96 valence electrons. The molecule has 1 N–H and O–H groups in total. The van der Waals surface area contributed by atoms with Crippen LogP contribution >= 0.6 is 0 Å². The number of alkyl halides is 1. The fourth-order valence-corrected chi connectivity index (χ4v) is 1.46. The number of hydrogen-bond acceptors (Lipinski definition) is 2. The molecule has 1 aromatic rings. The second kappa shape index (κ2) is 8.01. The van der Waals surface area contributed by atoms with E-state index in [4.69, 9.17) is 4.74 Å².